The van der Waals surface area contributed by atoms with Gasteiger partial charge in [-0.1, -0.05) is 0 Å². The highest BCUT2D eigenvalue weighted by molar-refractivity contribution is 7.08. The number of hydrogen-bond donors (Lipinski definition) is 1. The van der Waals surface area contributed by atoms with Gasteiger partial charge in [0.1, 0.15) is 0 Å². The van der Waals surface area contributed by atoms with Crippen molar-refractivity contribution in [1.29, 1.82) is 0 Å². The summed E-state index contributed by atoms with van der Waals surface area (Å²) in [6.07, 6.45) is 3.61. The lowest BCUT2D eigenvalue weighted by molar-refractivity contribution is 1.12. The van der Waals surface area contributed by atoms with Gasteiger partial charge in [-0.15, -0.1) is 0 Å². The van der Waals surface area contributed by atoms with E-state index >= 15 is 0 Å². The number of aromatic nitrogens is 4. The molecule has 0 saturated heterocycles. The molecule has 0 amide bonds. The normalized spacial score (nSPS) is 11.3. The van der Waals surface area contributed by atoms with Crippen molar-refractivity contribution >= 4 is 33.3 Å². The average Bonchev–Trinajstić information content (AvgIpc) is 3.06. The summed E-state index contributed by atoms with van der Waals surface area (Å²) in [5.41, 5.74) is 4.78. The second kappa shape index (κ2) is 3.61. The Hall–Kier alpha value is -2.27. The summed E-state index contributed by atoms with van der Waals surface area (Å²) in [5.74, 6) is 0. The molecule has 0 aliphatic heterocycles. The fourth-order valence-electron chi connectivity index (χ4n) is 2.00. The summed E-state index contributed by atoms with van der Waals surface area (Å²) >= 11 is 1.66. The van der Waals surface area contributed by atoms with Crippen molar-refractivity contribution in [2.24, 2.45) is 0 Å². The molecule has 86 valence electrons. The first-order valence-corrected chi connectivity index (χ1v) is 6.47. The summed E-state index contributed by atoms with van der Waals surface area (Å²) in [6.45, 7) is 0. The van der Waals surface area contributed by atoms with Gasteiger partial charge >= 0.3 is 0 Å². The van der Waals surface area contributed by atoms with Crippen LogP contribution in [0.25, 0.3) is 33.2 Å². The summed E-state index contributed by atoms with van der Waals surface area (Å²) in [6, 6.07) is 6.04. The highest BCUT2D eigenvalue weighted by Crippen LogP contribution is 2.23. The topological polar surface area (TPSA) is 54.5 Å². The lowest BCUT2D eigenvalue weighted by Crippen LogP contribution is -1.87. The zero-order chi connectivity index (χ0) is 11.9. The molecule has 3 aromatic heterocycles. The molecule has 1 aromatic carbocycles. The third-order valence-electron chi connectivity index (χ3n) is 2.92. The molecule has 0 aliphatic rings. The molecule has 1 N–H and O–H groups in total. The van der Waals surface area contributed by atoms with Gasteiger partial charge in [-0.25, -0.2) is 4.98 Å². The zero-order valence-electron chi connectivity index (χ0n) is 9.29. The minimum atomic E-state index is 0.885. The number of benzene rings is 1. The van der Waals surface area contributed by atoms with Crippen molar-refractivity contribution in [3.05, 3.63) is 41.4 Å². The molecule has 0 bridgehead atoms. The lowest BCUT2D eigenvalue weighted by atomic mass is 10.2. The first kappa shape index (κ1) is 9.73. The van der Waals surface area contributed by atoms with Crippen LogP contribution in [0.1, 0.15) is 0 Å². The molecule has 4 rings (SSSR count). The Labute approximate surface area is 106 Å². The SMILES string of the molecule is c1cc(-c2cnc3cc4cn[nH]c4cc3n2)cs1. The van der Waals surface area contributed by atoms with E-state index in [2.05, 4.69) is 31.6 Å². The van der Waals surface area contributed by atoms with Crippen LogP contribution in [0.3, 0.4) is 0 Å². The van der Waals surface area contributed by atoms with Gasteiger partial charge in [-0.3, -0.25) is 10.1 Å². The Morgan fingerprint density at radius 3 is 3.00 bits per heavy atom. The van der Waals surface area contributed by atoms with E-state index in [1.54, 1.807) is 17.5 Å². The molecule has 18 heavy (non-hydrogen) atoms. The van der Waals surface area contributed by atoms with E-state index in [1.165, 1.54) is 0 Å². The third kappa shape index (κ3) is 1.41. The molecule has 0 atom stereocenters. The van der Waals surface area contributed by atoms with Gasteiger partial charge in [-0.05, 0) is 23.6 Å². The molecule has 5 heteroatoms. The minimum Gasteiger partial charge on any atom is -0.278 e. The zero-order valence-corrected chi connectivity index (χ0v) is 10.1. The molecule has 0 aliphatic carbocycles. The van der Waals surface area contributed by atoms with Crippen LogP contribution in [0, 0.1) is 0 Å². The van der Waals surface area contributed by atoms with Gasteiger partial charge in [0.15, 0.2) is 0 Å². The highest BCUT2D eigenvalue weighted by Gasteiger charge is 2.05. The van der Waals surface area contributed by atoms with Crippen molar-refractivity contribution in [3.63, 3.8) is 0 Å². The van der Waals surface area contributed by atoms with Gasteiger partial charge in [-0.2, -0.15) is 16.4 Å². The van der Waals surface area contributed by atoms with E-state index in [0.717, 1.165) is 33.2 Å². The number of H-pyrrole nitrogens is 1. The number of rotatable bonds is 1. The fourth-order valence-corrected chi connectivity index (χ4v) is 2.65. The van der Waals surface area contributed by atoms with Gasteiger partial charge in [0.25, 0.3) is 0 Å². The maximum atomic E-state index is 4.64. The predicted octanol–water partition coefficient (Wildman–Crippen LogP) is 3.23. The second-order valence-electron chi connectivity index (χ2n) is 4.07. The molecule has 4 aromatic rings. The number of fused-ring (bicyclic) bond motifs is 2. The molecule has 0 saturated carbocycles. The number of aromatic amines is 1. The van der Waals surface area contributed by atoms with Crippen molar-refractivity contribution in [3.8, 4) is 11.3 Å². The van der Waals surface area contributed by atoms with Crippen molar-refractivity contribution in [2.75, 3.05) is 0 Å². The van der Waals surface area contributed by atoms with Crippen LogP contribution in [0.5, 0.6) is 0 Å². The fraction of sp³-hybridized carbons (Fsp3) is 0. The highest BCUT2D eigenvalue weighted by atomic mass is 32.1. The van der Waals surface area contributed by atoms with Crippen LogP contribution in [0.4, 0.5) is 0 Å². The molecule has 0 fully saturated rings. The molecular weight excluding hydrogens is 244 g/mol. The van der Waals surface area contributed by atoms with Crippen LogP contribution >= 0.6 is 11.3 Å². The molecule has 0 spiro atoms. The summed E-state index contributed by atoms with van der Waals surface area (Å²) < 4.78 is 0. The summed E-state index contributed by atoms with van der Waals surface area (Å²) in [5, 5.41) is 12.1. The van der Waals surface area contributed by atoms with Crippen LogP contribution in [-0.4, -0.2) is 20.2 Å². The van der Waals surface area contributed by atoms with Crippen LogP contribution in [0.2, 0.25) is 0 Å². The van der Waals surface area contributed by atoms with Crippen LogP contribution in [-0.2, 0) is 0 Å². The Balaban J connectivity index is 2.01. The Kier molecular flexibility index (Phi) is 1.95. The monoisotopic (exact) mass is 252 g/mol. The van der Waals surface area contributed by atoms with Gasteiger partial charge in [0.05, 0.1) is 34.6 Å². The van der Waals surface area contributed by atoms with E-state index < -0.39 is 0 Å². The standard InChI is InChI=1S/C13H8N4S/c1-2-18-7-8(1)13-6-14-11-3-9-5-15-17-10(9)4-12(11)16-13/h1-7H,(H,15,17). The van der Waals surface area contributed by atoms with Crippen LogP contribution in [0.15, 0.2) is 41.4 Å². The first-order valence-electron chi connectivity index (χ1n) is 5.52. The second-order valence-corrected chi connectivity index (χ2v) is 4.85. The predicted molar refractivity (Wildman–Crippen MR) is 72.5 cm³/mol. The molecule has 0 unspecified atom stereocenters. The number of thiophene rings is 1. The number of hydrogen-bond acceptors (Lipinski definition) is 4. The quantitative estimate of drug-likeness (QED) is 0.566. The maximum Gasteiger partial charge on any atom is 0.0916 e. The Bertz CT molecular complexity index is 833. The molecule has 0 radical (unpaired) electrons. The van der Waals surface area contributed by atoms with Crippen molar-refractivity contribution in [1.82, 2.24) is 20.2 Å². The van der Waals surface area contributed by atoms with E-state index in [-0.39, 0.29) is 0 Å². The van der Waals surface area contributed by atoms with E-state index in [4.69, 9.17) is 0 Å². The first-order chi connectivity index (χ1) is 8.90. The summed E-state index contributed by atoms with van der Waals surface area (Å²) in [7, 11) is 0. The molecular formula is C13H8N4S. The lowest BCUT2D eigenvalue weighted by Gasteiger charge is -2.00. The number of nitrogens with zero attached hydrogens (tertiary/aromatic N) is 3. The van der Waals surface area contributed by atoms with Crippen LogP contribution < -0.4 is 0 Å². The largest absolute Gasteiger partial charge is 0.278 e. The van der Waals surface area contributed by atoms with Crippen molar-refractivity contribution < 1.29 is 0 Å². The van der Waals surface area contributed by atoms with E-state index in [1.807, 2.05) is 23.7 Å². The third-order valence-corrected chi connectivity index (χ3v) is 3.60. The smallest absolute Gasteiger partial charge is 0.0916 e. The molecule has 3 heterocycles. The van der Waals surface area contributed by atoms with Gasteiger partial charge < -0.3 is 0 Å². The maximum absolute atomic E-state index is 4.64. The van der Waals surface area contributed by atoms with Gasteiger partial charge in [0.2, 0.25) is 0 Å². The van der Waals surface area contributed by atoms with E-state index in [0.29, 0.717) is 0 Å². The molecule has 4 nitrogen and oxygen atoms in total. The summed E-state index contributed by atoms with van der Waals surface area (Å²) in [4.78, 5) is 9.11. The minimum absolute atomic E-state index is 0.885. The Morgan fingerprint density at radius 2 is 2.11 bits per heavy atom. The average molecular weight is 252 g/mol. The Morgan fingerprint density at radius 1 is 1.11 bits per heavy atom. The van der Waals surface area contributed by atoms with E-state index in [9.17, 15) is 0 Å². The van der Waals surface area contributed by atoms with Gasteiger partial charge in [0, 0.05) is 16.3 Å². The number of nitrogens with one attached hydrogen (secondary N) is 1. The van der Waals surface area contributed by atoms with Crippen molar-refractivity contribution in [2.45, 2.75) is 0 Å².